The minimum Gasteiger partial charge on any atom is -0.309 e. The van der Waals surface area contributed by atoms with Crippen LogP contribution < -0.4 is 0 Å². The number of fused-ring (bicyclic) bond motifs is 26. The molecule has 0 radical (unpaired) electrons. The lowest BCUT2D eigenvalue weighted by atomic mass is 9.87. The predicted molar refractivity (Wildman–Crippen MR) is 495 cm³/mol. The van der Waals surface area contributed by atoms with Crippen LogP contribution in [0.5, 0.6) is 0 Å². The van der Waals surface area contributed by atoms with Crippen LogP contribution in [0.3, 0.4) is 0 Å². The Hall–Kier alpha value is -15.4. The fourth-order valence-corrected chi connectivity index (χ4v) is 19.6. The van der Waals surface area contributed by atoms with Crippen molar-refractivity contribution >= 4 is 163 Å². The Labute approximate surface area is 668 Å². The molecule has 0 bridgehead atoms. The molecule has 21 aromatic carbocycles. The van der Waals surface area contributed by atoms with Gasteiger partial charge in [-0.3, -0.25) is 0 Å². The van der Waals surface area contributed by atoms with E-state index in [2.05, 4.69) is 443 Å². The molecule has 0 atom stereocenters. The van der Waals surface area contributed by atoms with Crippen LogP contribution in [0.2, 0.25) is 0 Å². The van der Waals surface area contributed by atoms with Gasteiger partial charge in [-0.15, -0.1) is 0 Å². The Morgan fingerprint density at radius 1 is 0.112 bits per heavy atom. The van der Waals surface area contributed by atoms with Gasteiger partial charge in [0.1, 0.15) is 0 Å². The molecule has 0 saturated heterocycles. The van der Waals surface area contributed by atoms with Crippen LogP contribution >= 0.6 is 0 Å². The van der Waals surface area contributed by atoms with Gasteiger partial charge in [0, 0.05) is 65.8 Å². The third-order valence-electron chi connectivity index (χ3n) is 24.8. The molecule has 4 heteroatoms. The lowest BCUT2D eigenvalue weighted by molar-refractivity contribution is 1.18. The van der Waals surface area contributed by atoms with Crippen molar-refractivity contribution in [1.82, 2.24) is 18.3 Å². The molecule has 0 aliphatic carbocycles. The molecule has 116 heavy (non-hydrogen) atoms. The van der Waals surface area contributed by atoms with Gasteiger partial charge in [0.2, 0.25) is 0 Å². The number of benzene rings is 21. The largest absolute Gasteiger partial charge is 0.309 e. The Bertz CT molecular complexity index is 8330. The van der Waals surface area contributed by atoms with Crippen molar-refractivity contribution in [3.8, 4) is 67.3 Å². The van der Waals surface area contributed by atoms with Crippen LogP contribution in [0.25, 0.3) is 230 Å². The molecule has 25 rings (SSSR count). The monoisotopic (exact) mass is 1470 g/mol. The zero-order valence-corrected chi connectivity index (χ0v) is 63.2. The Morgan fingerprint density at radius 2 is 0.353 bits per heavy atom. The van der Waals surface area contributed by atoms with Crippen molar-refractivity contribution < 1.29 is 0 Å². The highest BCUT2D eigenvalue weighted by Crippen LogP contribution is 2.47. The minimum absolute atomic E-state index is 1.15. The second-order valence-electron chi connectivity index (χ2n) is 30.9. The quantitative estimate of drug-likeness (QED) is 0.135. The van der Waals surface area contributed by atoms with E-state index in [0.29, 0.717) is 0 Å². The first-order valence-corrected chi connectivity index (χ1v) is 40.1. The van der Waals surface area contributed by atoms with E-state index >= 15 is 0 Å². The van der Waals surface area contributed by atoms with E-state index in [4.69, 9.17) is 0 Å². The maximum absolute atomic E-state index is 2.43. The van der Waals surface area contributed by atoms with Gasteiger partial charge in [0.05, 0.1) is 44.1 Å². The smallest absolute Gasteiger partial charge is 0.0547 e. The molecule has 0 aliphatic heterocycles. The standard InChI is InChI=1S/C58H36N2.C54H34N2/c1-2-14-40(15-3-1)60-54-24-12-10-20-46(54)48-32-28-39(35-57(48)60)38-29-33-56-52(34-38)47-21-11-13-25-55(47)59(56)41-30-26-37(27-31-41)51-36-53-44-18-5-4-16-42(44)43-17-6-8-22-49(43)58(53)50-23-9-7-19-45(50)51;1-2-12-39(13-3-1)56-51-20-10-8-18-46(51)48-30-25-38(34-54(48)56)37-26-31-53-50(33-37)47-19-9-11-21-52(47)55(53)40-27-22-35(23-28-40)36-24-29-45-43-16-5-4-14-41(43)42-15-6-7-17-44(42)49(45)32-36/h1-36H;1-34H. The topological polar surface area (TPSA) is 19.7 Å². The van der Waals surface area contributed by atoms with Gasteiger partial charge in [-0.05, 0) is 241 Å². The zero-order chi connectivity index (χ0) is 76.1. The van der Waals surface area contributed by atoms with Crippen LogP contribution in [0, 0.1) is 0 Å². The number of hydrogen-bond donors (Lipinski definition) is 0. The molecule has 0 fully saturated rings. The molecule has 0 saturated carbocycles. The lowest BCUT2D eigenvalue weighted by Gasteiger charge is -2.16. The summed E-state index contributed by atoms with van der Waals surface area (Å²) < 4.78 is 9.62. The maximum Gasteiger partial charge on any atom is 0.0547 e. The Balaban J connectivity index is 0.000000134. The van der Waals surface area contributed by atoms with Gasteiger partial charge in [0.25, 0.3) is 0 Å². The molecule has 4 nitrogen and oxygen atoms in total. The molecule has 25 aromatic rings. The SMILES string of the molecule is c1ccc(-n2c3ccccc3c3ccc(-c4ccc5c(c4)c4ccccc4n5-c4ccc(-c5cc6c7ccccc7c7ccccc7c6c6ccccc56)cc4)cc32)cc1.c1ccc(-n2c3ccccc3c3ccc(-c4ccc5c(c4)c4ccccc4n5-c4ccc(-c5ccc6c7ccccc7c7ccccc7c6c5)cc4)cc32)cc1. The van der Waals surface area contributed by atoms with E-state index in [9.17, 15) is 0 Å². The zero-order valence-electron chi connectivity index (χ0n) is 63.2. The molecule has 538 valence electrons. The second kappa shape index (κ2) is 26.1. The van der Waals surface area contributed by atoms with E-state index < -0.39 is 0 Å². The highest BCUT2D eigenvalue weighted by Gasteiger charge is 2.22. The molecule has 4 heterocycles. The second-order valence-corrected chi connectivity index (χ2v) is 30.9. The van der Waals surface area contributed by atoms with Gasteiger partial charge < -0.3 is 18.3 Å². The van der Waals surface area contributed by atoms with Crippen LogP contribution in [0.1, 0.15) is 0 Å². The van der Waals surface area contributed by atoms with E-state index in [0.717, 1.165) is 11.4 Å². The third kappa shape index (κ3) is 10.1. The first-order chi connectivity index (χ1) is 57.6. The molecule has 0 aliphatic rings. The number of aromatic nitrogens is 4. The van der Waals surface area contributed by atoms with Gasteiger partial charge >= 0.3 is 0 Å². The Morgan fingerprint density at radius 3 is 0.784 bits per heavy atom. The summed E-state index contributed by atoms with van der Waals surface area (Å²) >= 11 is 0. The summed E-state index contributed by atoms with van der Waals surface area (Å²) in [5.41, 5.74) is 24.0. The summed E-state index contributed by atoms with van der Waals surface area (Å²) in [7, 11) is 0. The van der Waals surface area contributed by atoms with Crippen molar-refractivity contribution in [2.75, 3.05) is 0 Å². The van der Waals surface area contributed by atoms with Crippen molar-refractivity contribution in [2.45, 2.75) is 0 Å². The van der Waals surface area contributed by atoms with Crippen LogP contribution in [-0.2, 0) is 0 Å². The van der Waals surface area contributed by atoms with Crippen molar-refractivity contribution in [3.63, 3.8) is 0 Å². The normalized spacial score (nSPS) is 12.0. The third-order valence-corrected chi connectivity index (χ3v) is 24.8. The van der Waals surface area contributed by atoms with Crippen LogP contribution in [-0.4, -0.2) is 18.3 Å². The first kappa shape index (κ1) is 65.4. The van der Waals surface area contributed by atoms with Gasteiger partial charge in [0.15, 0.2) is 0 Å². The summed E-state index contributed by atoms with van der Waals surface area (Å²) in [6.07, 6.45) is 0. The van der Waals surface area contributed by atoms with Crippen molar-refractivity contribution in [1.29, 1.82) is 0 Å². The van der Waals surface area contributed by atoms with Crippen molar-refractivity contribution in [2.24, 2.45) is 0 Å². The predicted octanol–water partition coefficient (Wildman–Crippen LogP) is 30.5. The minimum atomic E-state index is 1.15. The lowest BCUT2D eigenvalue weighted by Crippen LogP contribution is -1.94. The number of rotatable bonds is 8. The Kier molecular flexibility index (Phi) is 14.7. The summed E-state index contributed by atoms with van der Waals surface area (Å²) in [5, 5.41) is 28.2. The molecular formula is C112H70N4. The fraction of sp³-hybridized carbons (Fsp3) is 0. The summed E-state index contributed by atoms with van der Waals surface area (Å²) in [4.78, 5) is 0. The van der Waals surface area contributed by atoms with Crippen LogP contribution in [0.4, 0.5) is 0 Å². The molecular weight excluding hydrogens is 1400 g/mol. The average Bonchev–Trinajstić information content (AvgIpc) is 1.44. The van der Waals surface area contributed by atoms with Gasteiger partial charge in [-0.1, -0.05) is 303 Å². The van der Waals surface area contributed by atoms with Gasteiger partial charge in [-0.2, -0.15) is 0 Å². The molecule has 0 amide bonds. The molecule has 0 spiro atoms. The van der Waals surface area contributed by atoms with E-state index in [1.807, 2.05) is 0 Å². The van der Waals surface area contributed by atoms with E-state index in [1.54, 1.807) is 0 Å². The number of para-hydroxylation sites is 6. The number of nitrogens with zero attached hydrogens (tertiary/aromatic N) is 4. The van der Waals surface area contributed by atoms with Gasteiger partial charge in [-0.25, -0.2) is 0 Å². The maximum atomic E-state index is 2.43. The molecule has 4 aromatic heterocycles. The van der Waals surface area contributed by atoms with E-state index in [-0.39, 0.29) is 0 Å². The molecule has 0 unspecified atom stereocenters. The van der Waals surface area contributed by atoms with Crippen molar-refractivity contribution in [3.05, 3.63) is 425 Å². The fourth-order valence-electron chi connectivity index (χ4n) is 19.6. The average molecular weight is 1470 g/mol. The summed E-state index contributed by atoms with van der Waals surface area (Å²) in [6.45, 7) is 0. The highest BCUT2D eigenvalue weighted by molar-refractivity contribution is 6.33. The summed E-state index contributed by atoms with van der Waals surface area (Å²) in [6, 6.07) is 156. The molecule has 0 N–H and O–H groups in total. The summed E-state index contributed by atoms with van der Waals surface area (Å²) in [5.74, 6) is 0. The highest BCUT2D eigenvalue weighted by atomic mass is 15.0. The van der Waals surface area contributed by atoms with E-state index in [1.165, 1.54) is 219 Å². The number of hydrogen-bond acceptors (Lipinski definition) is 0. The first-order valence-electron chi connectivity index (χ1n) is 40.1. The van der Waals surface area contributed by atoms with Crippen LogP contribution in [0.15, 0.2) is 425 Å².